The number of carboxylic acids is 1. The van der Waals surface area contributed by atoms with Gasteiger partial charge in [0.2, 0.25) is 5.91 Å². The van der Waals surface area contributed by atoms with Crippen molar-refractivity contribution < 1.29 is 24.2 Å². The molecule has 0 unspecified atom stereocenters. The maximum absolute atomic E-state index is 12.6. The molecule has 0 rings (SSSR count). The van der Waals surface area contributed by atoms with Gasteiger partial charge in [0.05, 0.1) is 6.61 Å². The van der Waals surface area contributed by atoms with E-state index in [4.69, 9.17) is 9.84 Å². The molecule has 0 aliphatic heterocycles. The molecule has 0 aliphatic carbocycles. The van der Waals surface area contributed by atoms with E-state index in [1.807, 2.05) is 0 Å². The van der Waals surface area contributed by atoms with E-state index in [1.165, 1.54) is 148 Å². The summed E-state index contributed by atoms with van der Waals surface area (Å²) < 4.78 is 5.44. The molecule has 6 heteroatoms. The van der Waals surface area contributed by atoms with Crippen LogP contribution in [0.2, 0.25) is 0 Å². The maximum atomic E-state index is 12.6. The summed E-state index contributed by atoms with van der Waals surface area (Å²) in [5, 5.41) is 11.8. The Morgan fingerprint density at radius 3 is 1.30 bits per heavy atom. The van der Waals surface area contributed by atoms with E-state index in [0.29, 0.717) is 13.0 Å². The predicted molar refractivity (Wildman–Crippen MR) is 199 cm³/mol. The number of carbonyl (C=O) groups excluding carboxylic acids is 2. The minimum atomic E-state index is -0.976. The molecular formula is C41H79NO5. The first-order valence-electron chi connectivity index (χ1n) is 20.5. The average Bonchev–Trinajstić information content (AvgIpc) is 3.04. The van der Waals surface area contributed by atoms with Crippen LogP contribution in [-0.2, 0) is 19.1 Å². The molecule has 0 saturated carbocycles. The number of carbonyl (C=O) groups is 3. The molecule has 278 valence electrons. The van der Waals surface area contributed by atoms with Crippen LogP contribution < -0.4 is 5.32 Å². The largest absolute Gasteiger partial charge is 0.481 e. The first-order chi connectivity index (χ1) is 22.9. The number of hydrogen-bond acceptors (Lipinski definition) is 4. The standard InChI is InChI=1S/C41H79NO5/c1-4-5-6-7-8-9-10-14-18-21-24-27-30-33-39(43)42-38(34-35-40(44)45)41(46)47-36-31-28-25-22-19-16-13-11-12-15-17-20-23-26-29-32-37(2)3/h37-38H,4-36H2,1-3H3,(H,42,43)(H,44,45)/t38-/m0/s1. The lowest BCUT2D eigenvalue weighted by molar-refractivity contribution is -0.148. The summed E-state index contributed by atoms with van der Waals surface area (Å²) in [6.07, 6.45) is 37.1. The molecule has 0 aliphatic rings. The summed E-state index contributed by atoms with van der Waals surface area (Å²) in [6, 6.07) is -0.879. The SMILES string of the molecule is CCCCCCCCCCCCCCCC(=O)N[C@@H](CCC(=O)O)C(=O)OCCCCCCCCCCCCCCCCCC(C)C. The van der Waals surface area contributed by atoms with E-state index in [2.05, 4.69) is 26.1 Å². The zero-order chi connectivity index (χ0) is 34.6. The first-order valence-corrected chi connectivity index (χ1v) is 20.5. The minimum absolute atomic E-state index is 0.0664. The molecule has 2 N–H and O–H groups in total. The van der Waals surface area contributed by atoms with E-state index in [9.17, 15) is 14.4 Å². The number of nitrogens with one attached hydrogen (secondary N) is 1. The third-order valence-electron chi connectivity index (χ3n) is 9.44. The van der Waals surface area contributed by atoms with Gasteiger partial charge in [0.15, 0.2) is 0 Å². The van der Waals surface area contributed by atoms with Crippen molar-refractivity contribution in [3.8, 4) is 0 Å². The number of unbranched alkanes of at least 4 members (excludes halogenated alkanes) is 26. The Labute approximate surface area is 291 Å². The smallest absolute Gasteiger partial charge is 0.328 e. The summed E-state index contributed by atoms with van der Waals surface area (Å²) in [4.78, 5) is 36.2. The Kier molecular flexibility index (Phi) is 34.5. The fourth-order valence-electron chi connectivity index (χ4n) is 6.31. The second kappa shape index (κ2) is 35.7. The van der Waals surface area contributed by atoms with Crippen LogP contribution in [0.1, 0.15) is 226 Å². The van der Waals surface area contributed by atoms with Crippen LogP contribution in [0.3, 0.4) is 0 Å². The van der Waals surface area contributed by atoms with Crippen LogP contribution in [0.4, 0.5) is 0 Å². The molecule has 0 saturated heterocycles. The molecule has 0 fully saturated rings. The van der Waals surface area contributed by atoms with Crippen LogP contribution in [0.15, 0.2) is 0 Å². The van der Waals surface area contributed by atoms with Gasteiger partial charge in [0, 0.05) is 12.8 Å². The Morgan fingerprint density at radius 1 is 0.511 bits per heavy atom. The van der Waals surface area contributed by atoms with Gasteiger partial charge >= 0.3 is 11.9 Å². The third kappa shape index (κ3) is 35.5. The zero-order valence-corrected chi connectivity index (χ0v) is 31.6. The van der Waals surface area contributed by atoms with Crippen LogP contribution in [0.25, 0.3) is 0 Å². The lowest BCUT2D eigenvalue weighted by Crippen LogP contribution is -2.42. The summed E-state index contributed by atoms with van der Waals surface area (Å²) in [5.41, 5.74) is 0. The highest BCUT2D eigenvalue weighted by Gasteiger charge is 2.23. The third-order valence-corrected chi connectivity index (χ3v) is 9.44. The number of hydrogen-bond donors (Lipinski definition) is 2. The lowest BCUT2D eigenvalue weighted by atomic mass is 10.0. The van der Waals surface area contributed by atoms with Gasteiger partial charge in [-0.1, -0.05) is 194 Å². The normalized spacial score (nSPS) is 12.0. The van der Waals surface area contributed by atoms with Crippen LogP contribution in [-0.4, -0.2) is 35.6 Å². The van der Waals surface area contributed by atoms with Crippen molar-refractivity contribution in [2.45, 2.75) is 232 Å². The Hall–Kier alpha value is -1.59. The van der Waals surface area contributed by atoms with E-state index in [-0.39, 0.29) is 18.7 Å². The molecule has 0 radical (unpaired) electrons. The van der Waals surface area contributed by atoms with Gasteiger partial charge < -0.3 is 15.2 Å². The van der Waals surface area contributed by atoms with Gasteiger partial charge in [-0.2, -0.15) is 0 Å². The van der Waals surface area contributed by atoms with Gasteiger partial charge in [-0.05, 0) is 25.2 Å². The highest BCUT2D eigenvalue weighted by Crippen LogP contribution is 2.16. The quantitative estimate of drug-likeness (QED) is 0.0509. The monoisotopic (exact) mass is 666 g/mol. The second-order valence-electron chi connectivity index (χ2n) is 14.7. The number of aliphatic carboxylic acids is 1. The Morgan fingerprint density at radius 2 is 0.894 bits per heavy atom. The topological polar surface area (TPSA) is 92.7 Å². The lowest BCUT2D eigenvalue weighted by Gasteiger charge is -2.17. The van der Waals surface area contributed by atoms with Gasteiger partial charge in [-0.3, -0.25) is 9.59 Å². The summed E-state index contributed by atoms with van der Waals surface area (Å²) in [5.74, 6) is -0.818. The molecule has 0 aromatic heterocycles. The number of esters is 1. The molecule has 0 heterocycles. The Bertz CT molecular complexity index is 710. The molecule has 6 nitrogen and oxygen atoms in total. The van der Waals surface area contributed by atoms with Gasteiger partial charge in [-0.15, -0.1) is 0 Å². The molecule has 0 aromatic carbocycles. The summed E-state index contributed by atoms with van der Waals surface area (Å²) >= 11 is 0. The van der Waals surface area contributed by atoms with Crippen molar-refractivity contribution in [3.63, 3.8) is 0 Å². The van der Waals surface area contributed by atoms with Crippen LogP contribution >= 0.6 is 0 Å². The minimum Gasteiger partial charge on any atom is -0.481 e. The van der Waals surface area contributed by atoms with E-state index in [1.54, 1.807) is 0 Å². The van der Waals surface area contributed by atoms with E-state index < -0.39 is 18.0 Å². The Balaban J connectivity index is 3.78. The molecule has 0 spiro atoms. The van der Waals surface area contributed by atoms with Crippen molar-refractivity contribution in [2.24, 2.45) is 5.92 Å². The van der Waals surface area contributed by atoms with E-state index in [0.717, 1.165) is 44.4 Å². The fraction of sp³-hybridized carbons (Fsp3) is 0.927. The van der Waals surface area contributed by atoms with Crippen LogP contribution in [0, 0.1) is 5.92 Å². The molecule has 1 atom stereocenters. The number of amides is 1. The van der Waals surface area contributed by atoms with Gasteiger partial charge in [-0.25, -0.2) is 4.79 Å². The maximum Gasteiger partial charge on any atom is 0.328 e. The predicted octanol–water partition coefficient (Wildman–Crippen LogP) is 12.3. The van der Waals surface area contributed by atoms with Crippen molar-refractivity contribution >= 4 is 17.8 Å². The highest BCUT2D eigenvalue weighted by atomic mass is 16.5. The van der Waals surface area contributed by atoms with Crippen LogP contribution in [0.5, 0.6) is 0 Å². The van der Waals surface area contributed by atoms with Gasteiger partial charge in [0.1, 0.15) is 6.04 Å². The molecular weight excluding hydrogens is 586 g/mol. The average molecular weight is 666 g/mol. The zero-order valence-electron chi connectivity index (χ0n) is 31.6. The molecule has 0 bridgehead atoms. The second-order valence-corrected chi connectivity index (χ2v) is 14.7. The fourth-order valence-corrected chi connectivity index (χ4v) is 6.31. The number of ether oxygens (including phenoxy) is 1. The number of carboxylic acid groups (broad SMARTS) is 1. The molecule has 0 aromatic rings. The van der Waals surface area contributed by atoms with Crippen molar-refractivity contribution in [1.82, 2.24) is 5.32 Å². The summed E-state index contributed by atoms with van der Waals surface area (Å²) in [6.45, 7) is 7.21. The first kappa shape index (κ1) is 45.4. The summed E-state index contributed by atoms with van der Waals surface area (Å²) in [7, 11) is 0. The molecule has 47 heavy (non-hydrogen) atoms. The van der Waals surface area contributed by atoms with Gasteiger partial charge in [0.25, 0.3) is 0 Å². The van der Waals surface area contributed by atoms with E-state index >= 15 is 0 Å². The van der Waals surface area contributed by atoms with Crippen molar-refractivity contribution in [2.75, 3.05) is 6.61 Å². The van der Waals surface area contributed by atoms with Crippen molar-refractivity contribution in [1.29, 1.82) is 0 Å². The molecule has 1 amide bonds. The number of rotatable bonds is 37. The highest BCUT2D eigenvalue weighted by molar-refractivity contribution is 5.84. The van der Waals surface area contributed by atoms with Crippen molar-refractivity contribution in [3.05, 3.63) is 0 Å².